The number of benzene rings is 2. The number of hydrogen-bond donors (Lipinski definition) is 3. The van der Waals surface area contributed by atoms with Crippen LogP contribution in [0.2, 0.25) is 0 Å². The van der Waals surface area contributed by atoms with Crippen molar-refractivity contribution in [2.24, 2.45) is 0 Å². The second kappa shape index (κ2) is 9.46. The predicted molar refractivity (Wildman–Crippen MR) is 117 cm³/mol. The summed E-state index contributed by atoms with van der Waals surface area (Å²) in [6.45, 7) is 1.74. The molecule has 33 heavy (non-hydrogen) atoms. The third-order valence-electron chi connectivity index (χ3n) is 5.15. The molecule has 3 unspecified atom stereocenters. The van der Waals surface area contributed by atoms with Gasteiger partial charge in [-0.25, -0.2) is 13.4 Å². The fraction of sp³-hybridized carbons (Fsp3) is 0.238. The van der Waals surface area contributed by atoms with Crippen molar-refractivity contribution in [1.82, 2.24) is 20.7 Å². The largest absolute Gasteiger partial charge is 0.442 e. The topological polar surface area (TPSA) is 138 Å². The first-order valence-electron chi connectivity index (χ1n) is 9.91. The van der Waals surface area contributed by atoms with Crippen LogP contribution in [0.25, 0.3) is 11.1 Å². The van der Waals surface area contributed by atoms with Crippen molar-refractivity contribution < 1.29 is 27.5 Å². The number of ether oxygens (including phenoxy) is 1. The third-order valence-corrected chi connectivity index (χ3v) is 6.06. The van der Waals surface area contributed by atoms with Crippen molar-refractivity contribution in [3.8, 4) is 11.1 Å². The van der Waals surface area contributed by atoms with Crippen LogP contribution in [0.15, 0.2) is 48.7 Å². The monoisotopic (exact) mass is 473 g/mol. The van der Waals surface area contributed by atoms with Crippen LogP contribution in [0.3, 0.4) is 0 Å². The molecule has 172 valence electrons. The zero-order valence-electron chi connectivity index (χ0n) is 17.4. The number of cyclic esters (lactones) is 1. The minimum atomic E-state index is -2.22. The van der Waals surface area contributed by atoms with Crippen molar-refractivity contribution in [2.45, 2.75) is 18.3 Å². The number of amides is 2. The highest BCUT2D eigenvalue weighted by molar-refractivity contribution is 7.79. The Bertz CT molecular complexity index is 1190. The van der Waals surface area contributed by atoms with Gasteiger partial charge in [-0.05, 0) is 29.3 Å². The Morgan fingerprint density at radius 3 is 2.73 bits per heavy atom. The maximum Gasteiger partial charge on any atom is 0.414 e. The van der Waals surface area contributed by atoms with Gasteiger partial charge in [0.15, 0.2) is 11.1 Å². The van der Waals surface area contributed by atoms with E-state index in [1.807, 2.05) is 0 Å². The van der Waals surface area contributed by atoms with E-state index >= 15 is 0 Å². The summed E-state index contributed by atoms with van der Waals surface area (Å²) in [6, 6.07) is 10.9. The standard InChI is InChI=1S/C21H20FN5O5S/c1-12(28)23-9-16-11-27(21(29)32-16)15-6-7-17(18(22)8-15)13-2-4-14(5-3-13)20(33(30)31)19-10-24-26-25-19/h2-8,10,16,20H,9,11H2,1H3,(H,23,28)(H,30,31)(H,24,25,26). The average Bonchev–Trinajstić information content (AvgIpc) is 3.43. The van der Waals surface area contributed by atoms with Crippen molar-refractivity contribution in [3.05, 3.63) is 65.7 Å². The van der Waals surface area contributed by atoms with E-state index in [9.17, 15) is 22.7 Å². The van der Waals surface area contributed by atoms with E-state index in [1.165, 1.54) is 24.1 Å². The van der Waals surface area contributed by atoms with Gasteiger partial charge in [0.2, 0.25) is 5.91 Å². The van der Waals surface area contributed by atoms with Crippen LogP contribution in [0.4, 0.5) is 14.9 Å². The molecule has 1 fully saturated rings. The van der Waals surface area contributed by atoms with E-state index in [0.717, 1.165) is 0 Å². The van der Waals surface area contributed by atoms with Gasteiger partial charge < -0.3 is 14.6 Å². The first-order valence-corrected chi connectivity index (χ1v) is 11.1. The number of aromatic nitrogens is 3. The Kier molecular flexibility index (Phi) is 6.47. The van der Waals surface area contributed by atoms with Crippen LogP contribution in [0, 0.1) is 5.82 Å². The zero-order chi connectivity index (χ0) is 23.5. The molecule has 2 aromatic carbocycles. The number of H-pyrrole nitrogens is 1. The lowest BCUT2D eigenvalue weighted by Crippen LogP contribution is -2.33. The summed E-state index contributed by atoms with van der Waals surface area (Å²) in [5, 5.41) is 11.7. The molecule has 0 radical (unpaired) electrons. The number of nitrogens with zero attached hydrogens (tertiary/aromatic N) is 3. The molecule has 1 aliphatic heterocycles. The van der Waals surface area contributed by atoms with Gasteiger partial charge in [-0.2, -0.15) is 15.4 Å². The van der Waals surface area contributed by atoms with Crippen LogP contribution in [0.5, 0.6) is 0 Å². The van der Waals surface area contributed by atoms with Crippen LogP contribution in [0.1, 0.15) is 23.4 Å². The fourth-order valence-electron chi connectivity index (χ4n) is 3.57. The van der Waals surface area contributed by atoms with Crippen LogP contribution >= 0.6 is 0 Å². The zero-order valence-corrected chi connectivity index (χ0v) is 18.2. The number of halogens is 1. The van der Waals surface area contributed by atoms with Crippen molar-refractivity contribution in [2.75, 3.05) is 18.0 Å². The Balaban J connectivity index is 1.52. The highest BCUT2D eigenvalue weighted by Crippen LogP contribution is 2.31. The first-order chi connectivity index (χ1) is 15.8. The van der Waals surface area contributed by atoms with E-state index in [2.05, 4.69) is 20.7 Å². The number of anilines is 1. The molecule has 4 rings (SSSR count). The van der Waals surface area contributed by atoms with Crippen molar-refractivity contribution in [3.63, 3.8) is 0 Å². The Hall–Kier alpha value is -3.64. The second-order valence-electron chi connectivity index (χ2n) is 7.39. The molecule has 2 heterocycles. The normalized spacial score (nSPS) is 17.5. The van der Waals surface area contributed by atoms with E-state index in [4.69, 9.17) is 4.74 Å². The summed E-state index contributed by atoms with van der Waals surface area (Å²) >= 11 is -2.22. The summed E-state index contributed by atoms with van der Waals surface area (Å²) in [6.07, 6.45) is 0.235. The Morgan fingerprint density at radius 1 is 1.36 bits per heavy atom. The van der Waals surface area contributed by atoms with Gasteiger partial charge in [-0.1, -0.05) is 24.3 Å². The second-order valence-corrected chi connectivity index (χ2v) is 8.41. The van der Waals surface area contributed by atoms with Crippen LogP contribution in [-0.2, 0) is 20.6 Å². The maximum absolute atomic E-state index is 14.9. The number of nitrogens with one attached hydrogen (secondary N) is 2. The molecule has 1 saturated heterocycles. The fourth-order valence-corrected chi connectivity index (χ4v) is 4.28. The van der Waals surface area contributed by atoms with Gasteiger partial charge in [0.25, 0.3) is 0 Å². The molecule has 0 saturated carbocycles. The number of aromatic amines is 1. The average molecular weight is 473 g/mol. The minimum absolute atomic E-state index is 0.179. The van der Waals surface area contributed by atoms with Gasteiger partial charge in [-0.15, -0.1) is 0 Å². The summed E-state index contributed by atoms with van der Waals surface area (Å²) in [5.74, 6) is -0.777. The number of rotatable bonds is 7. The smallest absolute Gasteiger partial charge is 0.414 e. The molecular weight excluding hydrogens is 453 g/mol. The summed E-state index contributed by atoms with van der Waals surface area (Å²) < 4.78 is 41.6. The number of carbonyl (C=O) groups is 2. The Morgan fingerprint density at radius 2 is 2.12 bits per heavy atom. The lowest BCUT2D eigenvalue weighted by molar-refractivity contribution is -0.119. The van der Waals surface area contributed by atoms with Crippen molar-refractivity contribution in [1.29, 1.82) is 0 Å². The SMILES string of the molecule is CC(=O)NCC1CN(c2ccc(-c3ccc(C(c4cn[nH]n4)S(=O)O)cc3)c(F)c2)C(=O)O1. The molecule has 0 spiro atoms. The van der Waals surface area contributed by atoms with Gasteiger partial charge in [0.1, 0.15) is 22.9 Å². The van der Waals surface area contributed by atoms with Gasteiger partial charge in [0.05, 0.1) is 25.0 Å². The molecule has 2 amide bonds. The quantitative estimate of drug-likeness (QED) is 0.448. The number of carbonyl (C=O) groups excluding carboxylic acids is 2. The molecule has 0 aliphatic carbocycles. The van der Waals surface area contributed by atoms with Crippen LogP contribution in [-0.4, -0.2) is 55.4 Å². The lowest BCUT2D eigenvalue weighted by atomic mass is 10.0. The molecule has 0 bridgehead atoms. The molecule has 10 nitrogen and oxygen atoms in total. The van der Waals surface area contributed by atoms with Gasteiger partial charge in [-0.3, -0.25) is 9.69 Å². The van der Waals surface area contributed by atoms with Gasteiger partial charge in [0, 0.05) is 12.5 Å². The molecule has 3 N–H and O–H groups in total. The third kappa shape index (κ3) is 4.91. The molecule has 1 aliphatic rings. The molecule has 3 atom stereocenters. The minimum Gasteiger partial charge on any atom is -0.442 e. The molecular formula is C21H20FN5O5S. The molecule has 3 aromatic rings. The predicted octanol–water partition coefficient (Wildman–Crippen LogP) is 2.38. The van der Waals surface area contributed by atoms with Gasteiger partial charge >= 0.3 is 6.09 Å². The first kappa shape index (κ1) is 22.6. The molecule has 1 aromatic heterocycles. The summed E-state index contributed by atoms with van der Waals surface area (Å²) in [5.41, 5.74) is 2.03. The summed E-state index contributed by atoms with van der Waals surface area (Å²) in [4.78, 5) is 24.5. The number of hydrogen-bond acceptors (Lipinski definition) is 6. The highest BCUT2D eigenvalue weighted by atomic mass is 32.2. The van der Waals surface area contributed by atoms with E-state index < -0.39 is 34.3 Å². The maximum atomic E-state index is 14.9. The molecule has 12 heteroatoms. The van der Waals surface area contributed by atoms with E-state index in [1.54, 1.807) is 36.4 Å². The van der Waals surface area contributed by atoms with Crippen LogP contribution < -0.4 is 10.2 Å². The van der Waals surface area contributed by atoms with Crippen molar-refractivity contribution >= 4 is 28.8 Å². The Labute approximate surface area is 190 Å². The highest BCUT2D eigenvalue weighted by Gasteiger charge is 2.32. The van der Waals surface area contributed by atoms with E-state index in [0.29, 0.717) is 28.1 Å². The van der Waals surface area contributed by atoms with E-state index in [-0.39, 0.29) is 19.0 Å². The summed E-state index contributed by atoms with van der Waals surface area (Å²) in [7, 11) is 0. The lowest BCUT2D eigenvalue weighted by Gasteiger charge is -2.15.